The molecule has 0 saturated heterocycles. The Kier molecular flexibility index (Phi) is 6.18. The third kappa shape index (κ3) is 4.46. The second-order valence-electron chi connectivity index (χ2n) is 4.30. The third-order valence-corrected chi connectivity index (χ3v) is 2.88. The van der Waals surface area contributed by atoms with Gasteiger partial charge in [-0.05, 0) is 32.8 Å². The second-order valence-corrected chi connectivity index (χ2v) is 4.30. The molecule has 5 nitrogen and oxygen atoms in total. The zero-order valence-corrected chi connectivity index (χ0v) is 11.1. The monoisotopic (exact) mass is 240 g/mol. The third-order valence-electron chi connectivity index (χ3n) is 2.88. The average molecular weight is 240 g/mol. The largest absolute Gasteiger partial charge is 0.385 e. The predicted octanol–water partition coefficient (Wildman–Crippen LogP) is 1.01. The van der Waals surface area contributed by atoms with E-state index in [1.54, 1.807) is 7.11 Å². The number of hydrazine groups is 1. The van der Waals surface area contributed by atoms with Crippen LogP contribution in [0.1, 0.15) is 31.2 Å². The zero-order chi connectivity index (χ0) is 12.7. The highest BCUT2D eigenvalue weighted by atomic mass is 16.5. The quantitative estimate of drug-likeness (QED) is 0.404. The van der Waals surface area contributed by atoms with E-state index in [0.29, 0.717) is 0 Å². The van der Waals surface area contributed by atoms with E-state index >= 15 is 0 Å². The number of aryl methyl sites for hydroxylation is 2. The van der Waals surface area contributed by atoms with Crippen LogP contribution in [-0.2, 0) is 17.7 Å². The molecule has 1 rings (SSSR count). The summed E-state index contributed by atoms with van der Waals surface area (Å²) in [5.74, 6) is 5.58. The maximum Gasteiger partial charge on any atom is 0.0596 e. The number of nitrogens with zero attached hydrogens (tertiary/aromatic N) is 2. The minimum absolute atomic E-state index is 0.284. The van der Waals surface area contributed by atoms with Gasteiger partial charge in [-0.1, -0.05) is 0 Å². The summed E-state index contributed by atoms with van der Waals surface area (Å²) in [6.07, 6.45) is 2.94. The minimum Gasteiger partial charge on any atom is -0.385 e. The van der Waals surface area contributed by atoms with E-state index in [4.69, 9.17) is 10.6 Å². The molecule has 98 valence electrons. The fraction of sp³-hybridized carbons (Fsp3) is 0.750. The van der Waals surface area contributed by atoms with Gasteiger partial charge in [0.15, 0.2) is 0 Å². The van der Waals surface area contributed by atoms with Crippen LogP contribution in [0, 0.1) is 6.92 Å². The van der Waals surface area contributed by atoms with Gasteiger partial charge < -0.3 is 4.74 Å². The molecular formula is C12H24N4O. The number of rotatable bonds is 8. The summed E-state index contributed by atoms with van der Waals surface area (Å²) in [6.45, 7) is 5.81. The van der Waals surface area contributed by atoms with Gasteiger partial charge in [0.05, 0.1) is 5.69 Å². The van der Waals surface area contributed by atoms with Crippen molar-refractivity contribution in [2.75, 3.05) is 13.7 Å². The van der Waals surface area contributed by atoms with Crippen molar-refractivity contribution in [3.63, 3.8) is 0 Å². The number of hydrogen-bond acceptors (Lipinski definition) is 4. The van der Waals surface area contributed by atoms with E-state index in [2.05, 4.69) is 23.5 Å². The fourth-order valence-electron chi connectivity index (χ4n) is 2.01. The minimum atomic E-state index is 0.284. The molecule has 0 spiro atoms. The molecule has 0 radical (unpaired) electrons. The topological polar surface area (TPSA) is 65.1 Å². The first kappa shape index (κ1) is 14.2. The van der Waals surface area contributed by atoms with E-state index in [-0.39, 0.29) is 6.04 Å². The maximum absolute atomic E-state index is 5.58. The highest BCUT2D eigenvalue weighted by Gasteiger charge is 2.11. The van der Waals surface area contributed by atoms with Gasteiger partial charge in [0.1, 0.15) is 0 Å². The van der Waals surface area contributed by atoms with Crippen LogP contribution in [0.25, 0.3) is 0 Å². The molecule has 1 aromatic heterocycles. The Morgan fingerprint density at radius 3 is 2.94 bits per heavy atom. The van der Waals surface area contributed by atoms with Crippen LogP contribution in [0.15, 0.2) is 6.07 Å². The van der Waals surface area contributed by atoms with Crippen molar-refractivity contribution in [2.45, 2.75) is 45.7 Å². The Balaban J connectivity index is 2.53. The first-order chi connectivity index (χ1) is 8.21. The van der Waals surface area contributed by atoms with Crippen molar-refractivity contribution in [1.29, 1.82) is 0 Å². The Morgan fingerprint density at radius 2 is 2.35 bits per heavy atom. The molecule has 0 fully saturated rings. The average Bonchev–Trinajstić information content (AvgIpc) is 2.68. The van der Waals surface area contributed by atoms with Crippen LogP contribution in [0.4, 0.5) is 0 Å². The zero-order valence-electron chi connectivity index (χ0n) is 11.1. The number of nitrogens with two attached hydrogens (primary N) is 1. The van der Waals surface area contributed by atoms with Crippen molar-refractivity contribution in [2.24, 2.45) is 5.84 Å². The Morgan fingerprint density at radius 1 is 1.59 bits per heavy atom. The van der Waals surface area contributed by atoms with Crippen LogP contribution in [0.3, 0.4) is 0 Å². The standard InChI is InChI=1S/C12H24N4O/c1-4-16-12(8-10(2)15-16)9-11(14-13)6-5-7-17-3/h8,11,14H,4-7,9,13H2,1-3H3. The van der Waals surface area contributed by atoms with Gasteiger partial charge in [-0.2, -0.15) is 5.10 Å². The molecular weight excluding hydrogens is 216 g/mol. The SMILES string of the molecule is CCn1nc(C)cc1CC(CCCOC)NN. The van der Waals surface area contributed by atoms with Gasteiger partial charge in [-0.15, -0.1) is 0 Å². The fourth-order valence-corrected chi connectivity index (χ4v) is 2.01. The summed E-state index contributed by atoms with van der Waals surface area (Å²) in [7, 11) is 1.72. The van der Waals surface area contributed by atoms with Gasteiger partial charge in [0, 0.05) is 38.4 Å². The van der Waals surface area contributed by atoms with Crippen LogP contribution in [0.5, 0.6) is 0 Å². The normalized spacial score (nSPS) is 12.9. The maximum atomic E-state index is 5.58. The Hall–Kier alpha value is -0.910. The lowest BCUT2D eigenvalue weighted by molar-refractivity contribution is 0.188. The molecule has 1 atom stereocenters. The van der Waals surface area contributed by atoms with Gasteiger partial charge in [-0.3, -0.25) is 16.0 Å². The van der Waals surface area contributed by atoms with Crippen LogP contribution in [-0.4, -0.2) is 29.5 Å². The summed E-state index contributed by atoms with van der Waals surface area (Å²) >= 11 is 0. The molecule has 0 bridgehead atoms. The highest BCUT2D eigenvalue weighted by Crippen LogP contribution is 2.09. The molecule has 0 saturated carbocycles. The van der Waals surface area contributed by atoms with Gasteiger partial charge in [-0.25, -0.2) is 0 Å². The van der Waals surface area contributed by atoms with Crippen LogP contribution < -0.4 is 11.3 Å². The molecule has 0 amide bonds. The molecule has 3 N–H and O–H groups in total. The Labute approximate surface area is 103 Å². The molecule has 1 aromatic rings. The lowest BCUT2D eigenvalue weighted by Crippen LogP contribution is -2.37. The van der Waals surface area contributed by atoms with E-state index in [9.17, 15) is 0 Å². The second kappa shape index (κ2) is 7.42. The smallest absolute Gasteiger partial charge is 0.0596 e. The molecule has 1 unspecified atom stereocenters. The molecule has 5 heteroatoms. The summed E-state index contributed by atoms with van der Waals surface area (Å²) < 4.78 is 7.09. The molecule has 17 heavy (non-hydrogen) atoms. The Bertz CT molecular complexity index is 324. The number of methoxy groups -OCH3 is 1. The predicted molar refractivity (Wildman–Crippen MR) is 68.6 cm³/mol. The van der Waals surface area contributed by atoms with E-state index < -0.39 is 0 Å². The molecule has 0 aliphatic heterocycles. The molecule has 1 heterocycles. The van der Waals surface area contributed by atoms with Gasteiger partial charge >= 0.3 is 0 Å². The number of nitrogens with one attached hydrogen (secondary N) is 1. The summed E-state index contributed by atoms with van der Waals surface area (Å²) in [5, 5.41) is 4.44. The van der Waals surface area contributed by atoms with Crippen LogP contribution >= 0.6 is 0 Å². The van der Waals surface area contributed by atoms with Crippen molar-refractivity contribution in [1.82, 2.24) is 15.2 Å². The molecule has 0 aliphatic rings. The highest BCUT2D eigenvalue weighted by molar-refractivity contribution is 5.10. The van der Waals surface area contributed by atoms with E-state index in [1.165, 1.54) is 5.69 Å². The molecule has 0 aliphatic carbocycles. The first-order valence-electron chi connectivity index (χ1n) is 6.19. The van der Waals surface area contributed by atoms with E-state index in [0.717, 1.165) is 38.1 Å². The lowest BCUT2D eigenvalue weighted by Gasteiger charge is -2.16. The van der Waals surface area contributed by atoms with Crippen molar-refractivity contribution in [3.05, 3.63) is 17.5 Å². The van der Waals surface area contributed by atoms with Gasteiger partial charge in [0.2, 0.25) is 0 Å². The van der Waals surface area contributed by atoms with Crippen molar-refractivity contribution < 1.29 is 4.74 Å². The van der Waals surface area contributed by atoms with Crippen molar-refractivity contribution >= 4 is 0 Å². The number of hydrogen-bond donors (Lipinski definition) is 2. The number of ether oxygens (including phenoxy) is 1. The lowest BCUT2D eigenvalue weighted by atomic mass is 10.1. The summed E-state index contributed by atoms with van der Waals surface area (Å²) in [5.41, 5.74) is 5.18. The van der Waals surface area contributed by atoms with Crippen LogP contribution in [0.2, 0.25) is 0 Å². The first-order valence-corrected chi connectivity index (χ1v) is 6.19. The molecule has 0 aromatic carbocycles. The summed E-state index contributed by atoms with van der Waals surface area (Å²) in [4.78, 5) is 0. The van der Waals surface area contributed by atoms with E-state index in [1.807, 2.05) is 11.6 Å². The van der Waals surface area contributed by atoms with Crippen molar-refractivity contribution in [3.8, 4) is 0 Å². The summed E-state index contributed by atoms with van der Waals surface area (Å²) in [6, 6.07) is 2.41. The number of aromatic nitrogens is 2. The van der Waals surface area contributed by atoms with Gasteiger partial charge in [0.25, 0.3) is 0 Å².